The minimum absolute atomic E-state index is 0.0259. The molecule has 4 amide bonds. The Labute approximate surface area is 126 Å². The van der Waals surface area contributed by atoms with Crippen molar-refractivity contribution >= 4 is 51.2 Å². The number of rotatable bonds is 3. The van der Waals surface area contributed by atoms with Gasteiger partial charge in [-0.3, -0.25) is 29.0 Å². The molecule has 0 radical (unpaired) electrons. The van der Waals surface area contributed by atoms with Crippen LogP contribution in [-0.4, -0.2) is 54.7 Å². The second kappa shape index (κ2) is 4.73. The molecule has 3 heterocycles. The molecule has 21 heavy (non-hydrogen) atoms. The van der Waals surface area contributed by atoms with E-state index in [9.17, 15) is 29.1 Å². The molecule has 0 bridgehead atoms. The first kappa shape index (κ1) is 14.4. The van der Waals surface area contributed by atoms with Crippen LogP contribution in [0.3, 0.4) is 0 Å². The van der Waals surface area contributed by atoms with Gasteiger partial charge in [0.05, 0.1) is 0 Å². The maximum Gasteiger partial charge on any atom is 0.344 e. The second-order valence-corrected chi connectivity index (χ2v) is 7.32. The molecule has 0 aromatic rings. The van der Waals surface area contributed by atoms with Crippen LogP contribution in [0.25, 0.3) is 0 Å². The van der Waals surface area contributed by atoms with E-state index in [1.165, 1.54) is 0 Å². The number of carboxylic acids is 1. The highest BCUT2D eigenvalue weighted by Gasteiger charge is 2.68. The van der Waals surface area contributed by atoms with E-state index in [4.69, 9.17) is 0 Å². The highest BCUT2D eigenvalue weighted by Crippen LogP contribution is 2.61. The number of hydrogen-bond acceptors (Lipinski definition) is 7. The Balaban J connectivity index is 2.01. The Morgan fingerprint density at radius 2 is 1.48 bits per heavy atom. The average molecular weight is 330 g/mol. The maximum absolute atomic E-state index is 11.9. The molecular weight excluding hydrogens is 320 g/mol. The number of imide groups is 2. The van der Waals surface area contributed by atoms with Crippen LogP contribution in [0.2, 0.25) is 0 Å². The molecule has 8 nitrogen and oxygen atoms in total. The molecule has 0 aliphatic carbocycles. The molecule has 112 valence electrons. The van der Waals surface area contributed by atoms with Gasteiger partial charge in [0, 0.05) is 25.7 Å². The monoisotopic (exact) mass is 330 g/mol. The fourth-order valence-corrected chi connectivity index (χ4v) is 5.72. The summed E-state index contributed by atoms with van der Waals surface area (Å²) in [7, 11) is 1.83. The van der Waals surface area contributed by atoms with Crippen LogP contribution < -0.4 is 0 Å². The van der Waals surface area contributed by atoms with E-state index in [2.05, 4.69) is 0 Å². The normalized spacial score (nSPS) is 32.9. The fraction of sp³-hybridized carbons (Fsp3) is 0.545. The van der Waals surface area contributed by atoms with Crippen molar-refractivity contribution in [1.29, 1.82) is 0 Å². The largest absolute Gasteiger partial charge is 0.479 e. The van der Waals surface area contributed by atoms with E-state index in [1.807, 2.05) is 0 Å². The summed E-state index contributed by atoms with van der Waals surface area (Å²) in [4.78, 5) is 58.8. The Kier molecular flexibility index (Phi) is 3.24. The van der Waals surface area contributed by atoms with Crippen molar-refractivity contribution in [2.75, 3.05) is 0 Å². The van der Waals surface area contributed by atoms with Crippen molar-refractivity contribution in [3.8, 4) is 0 Å². The van der Waals surface area contributed by atoms with Gasteiger partial charge in [0.25, 0.3) is 0 Å². The van der Waals surface area contributed by atoms with Gasteiger partial charge in [-0.25, -0.2) is 4.79 Å². The first-order valence-corrected chi connectivity index (χ1v) is 8.39. The Morgan fingerprint density at radius 1 is 1.00 bits per heavy atom. The Bertz CT molecular complexity index is 561. The van der Waals surface area contributed by atoms with Crippen molar-refractivity contribution < 1.29 is 29.1 Å². The Morgan fingerprint density at radius 3 is 1.86 bits per heavy atom. The summed E-state index contributed by atoms with van der Waals surface area (Å²) in [6.07, 6.45) is -0.0439. The van der Waals surface area contributed by atoms with E-state index in [-0.39, 0.29) is 25.7 Å². The number of aliphatic carboxylic acids is 1. The summed E-state index contributed by atoms with van der Waals surface area (Å²) in [5.74, 6) is -3.50. The lowest BCUT2D eigenvalue weighted by atomic mass is 10.2. The Hall–Kier alpha value is -1.55. The highest BCUT2D eigenvalue weighted by atomic mass is 33.1. The summed E-state index contributed by atoms with van der Waals surface area (Å²) in [6, 6.07) is 0. The summed E-state index contributed by atoms with van der Waals surface area (Å²) < 4.78 is 0. The first-order chi connectivity index (χ1) is 9.89. The van der Waals surface area contributed by atoms with Gasteiger partial charge >= 0.3 is 5.97 Å². The zero-order valence-corrected chi connectivity index (χ0v) is 12.2. The molecule has 2 atom stereocenters. The van der Waals surface area contributed by atoms with E-state index in [0.29, 0.717) is 4.90 Å². The van der Waals surface area contributed by atoms with Gasteiger partial charge in [-0.05, 0) is 10.8 Å². The van der Waals surface area contributed by atoms with Gasteiger partial charge in [0.15, 0.2) is 0 Å². The predicted molar refractivity (Wildman–Crippen MR) is 71.5 cm³/mol. The third-order valence-electron chi connectivity index (χ3n) is 3.62. The molecule has 1 N–H and O–H groups in total. The molecule has 3 saturated heterocycles. The van der Waals surface area contributed by atoms with E-state index < -0.39 is 39.8 Å². The predicted octanol–water partition coefficient (Wildman–Crippen LogP) is -0.214. The lowest BCUT2D eigenvalue weighted by Gasteiger charge is -2.50. The van der Waals surface area contributed by atoms with Crippen LogP contribution >= 0.6 is 21.6 Å². The van der Waals surface area contributed by atoms with Crippen molar-refractivity contribution in [1.82, 2.24) is 9.80 Å². The number of nitrogens with zero attached hydrogens (tertiary/aromatic N) is 2. The number of amides is 4. The molecule has 3 aliphatic heterocycles. The van der Waals surface area contributed by atoms with Gasteiger partial charge < -0.3 is 5.11 Å². The average Bonchev–Trinajstić information content (AvgIpc) is 2.88. The molecule has 3 fully saturated rings. The number of likely N-dealkylation sites (tertiary alicyclic amines) is 2. The van der Waals surface area contributed by atoms with Gasteiger partial charge in [-0.15, -0.1) is 0 Å². The molecule has 3 rings (SSSR count). The summed E-state index contributed by atoms with van der Waals surface area (Å²) in [6.45, 7) is 0. The van der Waals surface area contributed by atoms with Crippen molar-refractivity contribution in [2.24, 2.45) is 0 Å². The van der Waals surface area contributed by atoms with Crippen LogP contribution in [0, 0.1) is 0 Å². The van der Waals surface area contributed by atoms with Gasteiger partial charge in [-0.1, -0.05) is 10.8 Å². The minimum atomic E-state index is -1.90. The molecule has 10 heteroatoms. The highest BCUT2D eigenvalue weighted by molar-refractivity contribution is 8.80. The van der Waals surface area contributed by atoms with Gasteiger partial charge in [-0.2, -0.15) is 0 Å². The zero-order chi connectivity index (χ0) is 15.4. The second-order valence-electron chi connectivity index (χ2n) is 4.81. The van der Waals surface area contributed by atoms with Crippen LogP contribution in [0.4, 0.5) is 0 Å². The third-order valence-corrected chi connectivity index (χ3v) is 7.03. The topological polar surface area (TPSA) is 112 Å². The third kappa shape index (κ3) is 1.81. The van der Waals surface area contributed by atoms with Crippen LogP contribution in [-0.2, 0) is 24.0 Å². The first-order valence-electron chi connectivity index (χ1n) is 6.18. The summed E-state index contributed by atoms with van der Waals surface area (Å²) >= 11 is 0. The number of carboxylic acid groups (broad SMARTS) is 1. The lowest BCUT2D eigenvalue weighted by molar-refractivity contribution is -0.160. The molecule has 0 spiro atoms. The van der Waals surface area contributed by atoms with Crippen LogP contribution in [0.5, 0.6) is 0 Å². The van der Waals surface area contributed by atoms with Crippen molar-refractivity contribution in [3.05, 3.63) is 0 Å². The molecule has 0 saturated carbocycles. The molecule has 2 unspecified atom stereocenters. The number of carbonyl (C=O) groups excluding carboxylic acids is 4. The smallest absolute Gasteiger partial charge is 0.344 e. The van der Waals surface area contributed by atoms with Crippen LogP contribution in [0.1, 0.15) is 25.7 Å². The van der Waals surface area contributed by atoms with Crippen molar-refractivity contribution in [3.63, 3.8) is 0 Å². The number of hydrogen-bond donors (Lipinski definition) is 1. The maximum atomic E-state index is 11.9. The van der Waals surface area contributed by atoms with Gasteiger partial charge in [0.2, 0.25) is 28.5 Å². The van der Waals surface area contributed by atoms with E-state index in [1.54, 1.807) is 0 Å². The lowest BCUT2D eigenvalue weighted by Crippen LogP contribution is -2.69. The molecule has 0 aromatic heterocycles. The van der Waals surface area contributed by atoms with Gasteiger partial charge in [0.1, 0.15) is 5.37 Å². The quantitative estimate of drug-likeness (QED) is 0.558. The zero-order valence-electron chi connectivity index (χ0n) is 10.6. The summed E-state index contributed by atoms with van der Waals surface area (Å²) in [5, 5.41) is 8.49. The summed E-state index contributed by atoms with van der Waals surface area (Å²) in [5.41, 5.74) is 0. The van der Waals surface area contributed by atoms with E-state index in [0.717, 1.165) is 26.5 Å². The van der Waals surface area contributed by atoms with Crippen LogP contribution in [0.15, 0.2) is 0 Å². The van der Waals surface area contributed by atoms with E-state index >= 15 is 0 Å². The molecule has 0 aromatic carbocycles. The minimum Gasteiger partial charge on any atom is -0.479 e. The van der Waals surface area contributed by atoms with Crippen molar-refractivity contribution in [2.45, 2.75) is 35.9 Å². The number of carbonyl (C=O) groups is 5. The standard InChI is InChI=1S/C11H10N2O6S2/c14-5-1-2-6(15)12(5)9-11(10(18)19,21-20-9)13-7(16)3-4-8(13)17/h9H,1-4H2,(H,18,19). The molecule has 3 aliphatic rings. The molecular formula is C11H10N2O6S2. The SMILES string of the molecule is O=C1CCC(=O)N1C1SSC1(C(=O)O)N1C(=O)CCC1=O. The fourth-order valence-electron chi connectivity index (χ4n) is 2.59.